The van der Waals surface area contributed by atoms with Crippen molar-refractivity contribution in [2.24, 2.45) is 0 Å². The quantitative estimate of drug-likeness (QED) is 0.380. The first-order valence-electron chi connectivity index (χ1n) is 13.2. The van der Waals surface area contributed by atoms with Crippen LogP contribution in [-0.4, -0.2) is 47.0 Å². The number of rotatable bonds is 4. The predicted molar refractivity (Wildman–Crippen MR) is 147 cm³/mol. The van der Waals surface area contributed by atoms with Gasteiger partial charge in [-0.1, -0.05) is 18.2 Å². The molecule has 1 amide bonds. The number of aryl methyl sites for hydroxylation is 1. The molecule has 2 aliphatic rings. The fourth-order valence-corrected chi connectivity index (χ4v) is 5.74. The molecule has 3 heterocycles. The van der Waals surface area contributed by atoms with E-state index in [0.29, 0.717) is 17.0 Å². The normalized spacial score (nSPS) is 16.3. The molecule has 1 aromatic heterocycles. The number of nitrogens with one attached hydrogen (secondary N) is 1. The van der Waals surface area contributed by atoms with E-state index in [2.05, 4.69) is 41.1 Å². The number of benzene rings is 3. The minimum Gasteiger partial charge on any atom is -0.371 e. The Labute approximate surface area is 217 Å². The number of carbonyl (C=O) groups excluding carboxylic acids is 1. The highest BCUT2D eigenvalue weighted by molar-refractivity contribution is 5.96. The maximum atomic E-state index is 13.4. The summed E-state index contributed by atoms with van der Waals surface area (Å²) in [6.07, 6.45) is 4.36. The van der Waals surface area contributed by atoms with Crippen LogP contribution in [0.25, 0.3) is 22.4 Å². The molecule has 37 heavy (non-hydrogen) atoms. The number of carbonyl (C=O) groups is 1. The summed E-state index contributed by atoms with van der Waals surface area (Å²) in [5.41, 5.74) is 7.91. The van der Waals surface area contributed by atoms with Gasteiger partial charge in [-0.25, -0.2) is 4.98 Å². The average Bonchev–Trinajstić information content (AvgIpc) is 3.63. The van der Waals surface area contributed by atoms with Crippen LogP contribution in [0.2, 0.25) is 0 Å². The second-order valence-corrected chi connectivity index (χ2v) is 10.3. The molecule has 0 unspecified atom stereocenters. The van der Waals surface area contributed by atoms with E-state index in [9.17, 15) is 4.79 Å². The van der Waals surface area contributed by atoms with Gasteiger partial charge in [-0.2, -0.15) is 5.26 Å². The molecule has 3 aromatic carbocycles. The first kappa shape index (κ1) is 23.3. The third-order valence-corrected chi connectivity index (χ3v) is 7.97. The number of nitriles is 1. The maximum Gasteiger partial charge on any atom is 0.253 e. The Morgan fingerprint density at radius 3 is 2.46 bits per heavy atom. The van der Waals surface area contributed by atoms with Crippen LogP contribution in [0.3, 0.4) is 0 Å². The van der Waals surface area contributed by atoms with Crippen LogP contribution in [0.4, 0.5) is 5.69 Å². The third-order valence-electron chi connectivity index (χ3n) is 7.97. The van der Waals surface area contributed by atoms with Gasteiger partial charge in [-0.15, -0.1) is 0 Å². The summed E-state index contributed by atoms with van der Waals surface area (Å²) in [4.78, 5) is 26.2. The van der Waals surface area contributed by atoms with Gasteiger partial charge in [-0.05, 0) is 92.1 Å². The highest BCUT2D eigenvalue weighted by Gasteiger charge is 2.25. The van der Waals surface area contributed by atoms with Crippen LogP contribution in [0.1, 0.15) is 58.6 Å². The lowest BCUT2D eigenvalue weighted by Gasteiger charge is -2.32. The van der Waals surface area contributed by atoms with Crippen LogP contribution < -0.4 is 4.90 Å². The maximum absolute atomic E-state index is 13.4. The van der Waals surface area contributed by atoms with E-state index in [1.165, 1.54) is 24.1 Å². The standard InChI is InChI=1S/C31H31N5O/c1-21-4-7-25(31(37)36-16-12-24(13-17-36)23-8-5-22(20-32)6-9-23)18-27(21)30-33-28-11-10-26(19-29(28)34-30)35-14-2-3-15-35/h4-11,18-19,24H,2-3,12-17H2,1H3,(H,33,34). The molecule has 6 rings (SSSR count). The second kappa shape index (κ2) is 9.74. The van der Waals surface area contributed by atoms with Crippen molar-refractivity contribution in [2.45, 2.75) is 38.5 Å². The Morgan fingerprint density at radius 1 is 0.973 bits per heavy atom. The van der Waals surface area contributed by atoms with Crippen molar-refractivity contribution in [2.75, 3.05) is 31.1 Å². The fourth-order valence-electron chi connectivity index (χ4n) is 5.74. The monoisotopic (exact) mass is 489 g/mol. The van der Waals surface area contributed by atoms with E-state index >= 15 is 0 Å². The Balaban J connectivity index is 1.19. The Hall–Kier alpha value is -4.11. The summed E-state index contributed by atoms with van der Waals surface area (Å²) in [6.45, 7) is 5.75. The molecule has 1 N–H and O–H groups in total. The highest BCUT2D eigenvalue weighted by Crippen LogP contribution is 2.31. The van der Waals surface area contributed by atoms with Crippen LogP contribution in [0, 0.1) is 18.3 Å². The molecule has 2 saturated heterocycles. The number of H-pyrrole nitrogens is 1. The Kier molecular flexibility index (Phi) is 6.13. The van der Waals surface area contributed by atoms with Gasteiger partial charge >= 0.3 is 0 Å². The van der Waals surface area contributed by atoms with E-state index in [4.69, 9.17) is 10.2 Å². The van der Waals surface area contributed by atoms with Crippen molar-refractivity contribution >= 4 is 22.6 Å². The van der Waals surface area contributed by atoms with Gasteiger partial charge < -0.3 is 14.8 Å². The molecule has 6 nitrogen and oxygen atoms in total. The molecule has 0 bridgehead atoms. The smallest absolute Gasteiger partial charge is 0.253 e. The number of likely N-dealkylation sites (tertiary alicyclic amines) is 1. The number of amides is 1. The zero-order valence-corrected chi connectivity index (χ0v) is 21.2. The van der Waals surface area contributed by atoms with Crippen LogP contribution in [-0.2, 0) is 0 Å². The molecule has 186 valence electrons. The van der Waals surface area contributed by atoms with Crippen molar-refractivity contribution in [3.05, 3.63) is 82.9 Å². The van der Waals surface area contributed by atoms with E-state index in [1.807, 2.05) is 47.4 Å². The molecule has 0 atom stereocenters. The van der Waals surface area contributed by atoms with Gasteiger partial charge in [0.1, 0.15) is 5.82 Å². The number of aromatic amines is 1. The molecule has 6 heteroatoms. The van der Waals surface area contributed by atoms with Crippen molar-refractivity contribution in [3.63, 3.8) is 0 Å². The summed E-state index contributed by atoms with van der Waals surface area (Å²) in [7, 11) is 0. The molecule has 2 aliphatic heterocycles. The number of fused-ring (bicyclic) bond motifs is 1. The van der Waals surface area contributed by atoms with Gasteiger partial charge in [0.05, 0.1) is 22.7 Å². The third kappa shape index (κ3) is 4.58. The van der Waals surface area contributed by atoms with Crippen LogP contribution >= 0.6 is 0 Å². The van der Waals surface area contributed by atoms with Gasteiger partial charge in [-0.3, -0.25) is 4.79 Å². The lowest BCUT2D eigenvalue weighted by atomic mass is 9.89. The Morgan fingerprint density at radius 2 is 1.73 bits per heavy atom. The van der Waals surface area contributed by atoms with Crippen molar-refractivity contribution < 1.29 is 4.79 Å². The summed E-state index contributed by atoms with van der Waals surface area (Å²) in [5.74, 6) is 1.30. The van der Waals surface area contributed by atoms with Crippen LogP contribution in [0.5, 0.6) is 0 Å². The summed E-state index contributed by atoms with van der Waals surface area (Å²) < 4.78 is 0. The SMILES string of the molecule is Cc1ccc(C(=O)N2CCC(c3ccc(C#N)cc3)CC2)cc1-c1nc2ccc(N3CCCC3)cc2[nH]1. The van der Waals surface area contributed by atoms with Crippen molar-refractivity contribution in [3.8, 4) is 17.5 Å². The van der Waals surface area contributed by atoms with Gasteiger partial charge in [0.15, 0.2) is 0 Å². The van der Waals surface area contributed by atoms with E-state index in [-0.39, 0.29) is 5.91 Å². The zero-order chi connectivity index (χ0) is 25.4. The number of anilines is 1. The minimum atomic E-state index is 0.0759. The van der Waals surface area contributed by atoms with E-state index in [0.717, 1.165) is 67.0 Å². The summed E-state index contributed by atoms with van der Waals surface area (Å²) in [6, 6.07) is 22.4. The van der Waals surface area contributed by atoms with Gasteiger partial charge in [0.2, 0.25) is 0 Å². The lowest BCUT2D eigenvalue weighted by Crippen LogP contribution is -2.37. The highest BCUT2D eigenvalue weighted by atomic mass is 16.2. The van der Waals surface area contributed by atoms with Gasteiger partial charge in [0, 0.05) is 43.0 Å². The van der Waals surface area contributed by atoms with Gasteiger partial charge in [0.25, 0.3) is 5.91 Å². The van der Waals surface area contributed by atoms with Crippen molar-refractivity contribution in [1.82, 2.24) is 14.9 Å². The second-order valence-electron chi connectivity index (χ2n) is 10.3. The minimum absolute atomic E-state index is 0.0759. The predicted octanol–water partition coefficient (Wildman–Crippen LogP) is 6.03. The van der Waals surface area contributed by atoms with E-state index in [1.54, 1.807) is 0 Å². The number of aromatic nitrogens is 2. The number of piperidine rings is 1. The first-order chi connectivity index (χ1) is 18.1. The molecular formula is C31H31N5O. The number of hydrogen-bond acceptors (Lipinski definition) is 4. The molecular weight excluding hydrogens is 458 g/mol. The van der Waals surface area contributed by atoms with Crippen molar-refractivity contribution in [1.29, 1.82) is 5.26 Å². The van der Waals surface area contributed by atoms with E-state index < -0.39 is 0 Å². The summed E-state index contributed by atoms with van der Waals surface area (Å²) >= 11 is 0. The molecule has 2 fully saturated rings. The number of nitrogens with zero attached hydrogens (tertiary/aromatic N) is 4. The largest absolute Gasteiger partial charge is 0.371 e. The fraction of sp³-hybridized carbons (Fsp3) is 0.323. The molecule has 4 aromatic rings. The van der Waals surface area contributed by atoms with Crippen LogP contribution in [0.15, 0.2) is 60.7 Å². The average molecular weight is 490 g/mol. The molecule has 0 aliphatic carbocycles. The number of imidazole rings is 1. The topological polar surface area (TPSA) is 76.0 Å². The molecule has 0 spiro atoms. The first-order valence-corrected chi connectivity index (χ1v) is 13.2. The molecule has 0 radical (unpaired) electrons. The summed E-state index contributed by atoms with van der Waals surface area (Å²) in [5, 5.41) is 9.04. The lowest BCUT2D eigenvalue weighted by molar-refractivity contribution is 0.0713. The number of hydrogen-bond donors (Lipinski definition) is 1. The Bertz CT molecular complexity index is 1480. The zero-order valence-electron chi connectivity index (χ0n) is 21.2. The molecule has 0 saturated carbocycles.